The summed E-state index contributed by atoms with van der Waals surface area (Å²) < 4.78 is 5.20. The van der Waals surface area contributed by atoms with Gasteiger partial charge in [-0.15, -0.1) is 0 Å². The highest BCUT2D eigenvalue weighted by Crippen LogP contribution is 2.24. The standard InChI is InChI=1S/C19H20N4O2/c1-19(2,3)25-18(24)23-16-10-9-14(12-21-16)22-15-8-4-6-13-7-5-11-20-17(13)15/h4-12,22H,1-3H3,(H,21,23,24). The molecule has 2 aromatic heterocycles. The SMILES string of the molecule is CC(C)(C)OC(=O)Nc1ccc(Nc2cccc3cccnc23)cn1. The average Bonchev–Trinajstić information content (AvgIpc) is 2.55. The lowest BCUT2D eigenvalue weighted by Crippen LogP contribution is -2.27. The van der Waals surface area contributed by atoms with E-state index in [1.165, 1.54) is 0 Å². The van der Waals surface area contributed by atoms with Crippen LogP contribution in [0.4, 0.5) is 22.0 Å². The Balaban J connectivity index is 1.71. The van der Waals surface area contributed by atoms with Gasteiger partial charge in [-0.3, -0.25) is 10.3 Å². The van der Waals surface area contributed by atoms with Crippen molar-refractivity contribution < 1.29 is 9.53 Å². The third kappa shape index (κ3) is 4.44. The first-order valence-corrected chi connectivity index (χ1v) is 7.97. The summed E-state index contributed by atoms with van der Waals surface area (Å²) in [6.45, 7) is 5.43. The first-order valence-electron chi connectivity index (χ1n) is 7.97. The molecule has 0 bridgehead atoms. The summed E-state index contributed by atoms with van der Waals surface area (Å²) in [5.74, 6) is 0.427. The molecule has 6 heteroatoms. The fraction of sp³-hybridized carbons (Fsp3) is 0.211. The Hall–Kier alpha value is -3.15. The predicted octanol–water partition coefficient (Wildman–Crippen LogP) is 4.72. The molecule has 0 radical (unpaired) electrons. The summed E-state index contributed by atoms with van der Waals surface area (Å²) in [6, 6.07) is 13.4. The monoisotopic (exact) mass is 336 g/mol. The largest absolute Gasteiger partial charge is 0.444 e. The van der Waals surface area contributed by atoms with Gasteiger partial charge in [0.1, 0.15) is 11.4 Å². The predicted molar refractivity (Wildman–Crippen MR) is 99.1 cm³/mol. The van der Waals surface area contributed by atoms with Gasteiger partial charge in [0.25, 0.3) is 0 Å². The third-order valence-corrected chi connectivity index (χ3v) is 3.30. The van der Waals surface area contributed by atoms with Gasteiger partial charge >= 0.3 is 6.09 Å². The van der Waals surface area contributed by atoms with Crippen LogP contribution < -0.4 is 10.6 Å². The van der Waals surface area contributed by atoms with Gasteiger partial charge in [0.15, 0.2) is 0 Å². The van der Waals surface area contributed by atoms with E-state index >= 15 is 0 Å². The summed E-state index contributed by atoms with van der Waals surface area (Å²) in [5, 5.41) is 6.96. The van der Waals surface area contributed by atoms with Crippen LogP contribution in [0.15, 0.2) is 54.9 Å². The maximum absolute atomic E-state index is 11.8. The lowest BCUT2D eigenvalue weighted by Gasteiger charge is -2.19. The zero-order chi connectivity index (χ0) is 17.9. The van der Waals surface area contributed by atoms with Crippen molar-refractivity contribution in [1.82, 2.24) is 9.97 Å². The molecule has 25 heavy (non-hydrogen) atoms. The minimum absolute atomic E-state index is 0.427. The van der Waals surface area contributed by atoms with E-state index in [1.54, 1.807) is 18.5 Å². The maximum atomic E-state index is 11.8. The second-order valence-electron chi connectivity index (χ2n) is 6.56. The number of hydrogen-bond acceptors (Lipinski definition) is 5. The number of rotatable bonds is 3. The topological polar surface area (TPSA) is 76.1 Å². The molecule has 128 valence electrons. The normalized spacial score (nSPS) is 11.2. The number of carbonyl (C=O) groups excluding carboxylic acids is 1. The Morgan fingerprint density at radius 3 is 2.56 bits per heavy atom. The van der Waals surface area contributed by atoms with Crippen LogP contribution in [0, 0.1) is 0 Å². The minimum atomic E-state index is -0.549. The molecule has 3 rings (SSSR count). The fourth-order valence-corrected chi connectivity index (χ4v) is 2.31. The van der Waals surface area contributed by atoms with E-state index in [9.17, 15) is 4.79 Å². The smallest absolute Gasteiger partial charge is 0.413 e. The molecule has 3 aromatic rings. The van der Waals surface area contributed by atoms with Gasteiger partial charge in [-0.05, 0) is 45.0 Å². The second kappa shape index (κ2) is 6.76. The number of nitrogens with one attached hydrogen (secondary N) is 2. The van der Waals surface area contributed by atoms with Crippen molar-refractivity contribution in [3.63, 3.8) is 0 Å². The van der Waals surface area contributed by atoms with Crippen LogP contribution in [0.3, 0.4) is 0 Å². The number of hydrogen-bond donors (Lipinski definition) is 2. The lowest BCUT2D eigenvalue weighted by molar-refractivity contribution is 0.0635. The molecule has 1 aromatic carbocycles. The second-order valence-corrected chi connectivity index (χ2v) is 6.56. The molecule has 2 N–H and O–H groups in total. The molecule has 0 aliphatic rings. The Bertz CT molecular complexity index is 881. The van der Waals surface area contributed by atoms with Gasteiger partial charge < -0.3 is 10.1 Å². The first kappa shape index (κ1) is 16.7. The molecular weight excluding hydrogens is 316 g/mol. The molecule has 2 heterocycles. The zero-order valence-corrected chi connectivity index (χ0v) is 14.4. The highest BCUT2D eigenvalue weighted by molar-refractivity contribution is 5.92. The number of anilines is 3. The van der Waals surface area contributed by atoms with Crippen molar-refractivity contribution in [2.75, 3.05) is 10.6 Å². The van der Waals surface area contributed by atoms with Gasteiger partial charge in [0.05, 0.1) is 23.1 Å². The van der Waals surface area contributed by atoms with Crippen molar-refractivity contribution in [2.24, 2.45) is 0 Å². The molecule has 0 spiro atoms. The number of carbonyl (C=O) groups is 1. The van der Waals surface area contributed by atoms with Crippen molar-refractivity contribution in [3.05, 3.63) is 54.9 Å². The zero-order valence-electron chi connectivity index (χ0n) is 14.4. The van der Waals surface area contributed by atoms with Gasteiger partial charge in [0, 0.05) is 11.6 Å². The van der Waals surface area contributed by atoms with Crippen LogP contribution in [0.25, 0.3) is 10.9 Å². The molecule has 0 aliphatic carbocycles. The van der Waals surface area contributed by atoms with Crippen LogP contribution in [0.1, 0.15) is 20.8 Å². The van der Waals surface area contributed by atoms with Gasteiger partial charge in [-0.2, -0.15) is 0 Å². The summed E-state index contributed by atoms with van der Waals surface area (Å²) >= 11 is 0. The fourth-order valence-electron chi connectivity index (χ4n) is 2.31. The van der Waals surface area contributed by atoms with E-state index in [-0.39, 0.29) is 0 Å². The quantitative estimate of drug-likeness (QED) is 0.724. The Labute approximate surface area is 146 Å². The molecule has 0 fully saturated rings. The molecule has 0 unspecified atom stereocenters. The Morgan fingerprint density at radius 1 is 1.04 bits per heavy atom. The summed E-state index contributed by atoms with van der Waals surface area (Å²) in [6.07, 6.45) is 2.88. The molecule has 0 saturated carbocycles. The van der Waals surface area contributed by atoms with E-state index in [0.29, 0.717) is 5.82 Å². The summed E-state index contributed by atoms with van der Waals surface area (Å²) in [5.41, 5.74) is 2.04. The average molecular weight is 336 g/mol. The summed E-state index contributed by atoms with van der Waals surface area (Å²) in [7, 11) is 0. The lowest BCUT2D eigenvalue weighted by atomic mass is 10.2. The first-order chi connectivity index (χ1) is 11.9. The summed E-state index contributed by atoms with van der Waals surface area (Å²) in [4.78, 5) is 20.4. The molecule has 0 saturated heterocycles. The van der Waals surface area contributed by atoms with E-state index < -0.39 is 11.7 Å². The number of fused-ring (bicyclic) bond motifs is 1. The molecule has 6 nitrogen and oxygen atoms in total. The number of pyridine rings is 2. The van der Waals surface area contributed by atoms with Crippen LogP contribution >= 0.6 is 0 Å². The van der Waals surface area contributed by atoms with Gasteiger partial charge in [-0.1, -0.05) is 18.2 Å². The van der Waals surface area contributed by atoms with E-state index in [0.717, 1.165) is 22.3 Å². The number of nitrogens with zero attached hydrogens (tertiary/aromatic N) is 2. The number of aromatic nitrogens is 2. The van der Waals surface area contributed by atoms with Crippen molar-refractivity contribution in [1.29, 1.82) is 0 Å². The highest BCUT2D eigenvalue weighted by atomic mass is 16.6. The number of para-hydroxylation sites is 1. The van der Waals surface area contributed by atoms with Crippen LogP contribution in [0.5, 0.6) is 0 Å². The van der Waals surface area contributed by atoms with E-state index in [4.69, 9.17) is 4.74 Å². The third-order valence-electron chi connectivity index (χ3n) is 3.30. The van der Waals surface area contributed by atoms with Gasteiger partial charge in [0.2, 0.25) is 0 Å². The van der Waals surface area contributed by atoms with Crippen LogP contribution in [-0.4, -0.2) is 21.7 Å². The maximum Gasteiger partial charge on any atom is 0.413 e. The van der Waals surface area contributed by atoms with Crippen LogP contribution in [-0.2, 0) is 4.74 Å². The van der Waals surface area contributed by atoms with Crippen molar-refractivity contribution in [2.45, 2.75) is 26.4 Å². The van der Waals surface area contributed by atoms with E-state index in [1.807, 2.05) is 57.2 Å². The number of ether oxygens (including phenoxy) is 1. The van der Waals surface area contributed by atoms with Crippen molar-refractivity contribution >= 4 is 34.2 Å². The Kier molecular flexibility index (Phi) is 4.52. The van der Waals surface area contributed by atoms with Crippen LogP contribution in [0.2, 0.25) is 0 Å². The highest BCUT2D eigenvalue weighted by Gasteiger charge is 2.16. The number of benzene rings is 1. The molecule has 1 amide bonds. The minimum Gasteiger partial charge on any atom is -0.444 e. The van der Waals surface area contributed by atoms with Gasteiger partial charge in [-0.25, -0.2) is 9.78 Å². The molecule has 0 aliphatic heterocycles. The van der Waals surface area contributed by atoms with Crippen molar-refractivity contribution in [3.8, 4) is 0 Å². The molecular formula is C19H20N4O2. The Morgan fingerprint density at radius 2 is 1.84 bits per heavy atom. The molecule has 0 atom stereocenters. The van der Waals surface area contributed by atoms with E-state index in [2.05, 4.69) is 20.6 Å². The number of amides is 1.